The van der Waals surface area contributed by atoms with E-state index in [1.165, 1.54) is 0 Å². The maximum absolute atomic E-state index is 16.0. The summed E-state index contributed by atoms with van der Waals surface area (Å²) >= 11 is 0. The number of fused-ring (bicyclic) bond motifs is 5. The lowest BCUT2D eigenvalue weighted by Crippen LogP contribution is -2.51. The zero-order valence-corrected chi connectivity index (χ0v) is 44.3. The molecule has 1 atom stereocenters. The third-order valence-corrected chi connectivity index (χ3v) is 14.9. The predicted octanol–water partition coefficient (Wildman–Crippen LogP) is 7.06. The molecule has 8 aromatic rings. The fourth-order valence-corrected chi connectivity index (χ4v) is 11.0. The second-order valence-electron chi connectivity index (χ2n) is 20.2. The van der Waals surface area contributed by atoms with Crippen LogP contribution in [0.1, 0.15) is 87.4 Å². The molecule has 0 saturated heterocycles. The van der Waals surface area contributed by atoms with Gasteiger partial charge in [0.2, 0.25) is 11.8 Å². The molecule has 0 bridgehead atoms. The quantitative estimate of drug-likeness (QED) is 0.0198. The highest BCUT2D eigenvalue weighted by Gasteiger charge is 2.52. The van der Waals surface area contributed by atoms with E-state index in [0.717, 1.165) is 78.4 Å². The van der Waals surface area contributed by atoms with Crippen molar-refractivity contribution in [2.45, 2.75) is 64.3 Å². The summed E-state index contributed by atoms with van der Waals surface area (Å²) in [5, 5.41) is 24.9. The molecule has 3 aromatic carbocycles. The van der Waals surface area contributed by atoms with Gasteiger partial charge in [0, 0.05) is 128 Å². The summed E-state index contributed by atoms with van der Waals surface area (Å²) in [6.07, 6.45) is 14.9. The summed E-state index contributed by atoms with van der Waals surface area (Å²) in [6.45, 7) is 1.09. The molecule has 80 heavy (non-hydrogen) atoms. The molecule has 3 aliphatic rings. The summed E-state index contributed by atoms with van der Waals surface area (Å²) in [6, 6.07) is 28.0. The molecular weight excluding hydrogens is 1020 g/mol. The minimum Gasteiger partial charge on any atom is -0.508 e. The maximum atomic E-state index is 16.0. The highest BCUT2D eigenvalue weighted by Crippen LogP contribution is 2.39. The molecule has 18 nitrogen and oxygen atoms in total. The van der Waals surface area contributed by atoms with Crippen molar-refractivity contribution in [1.29, 1.82) is 0 Å². The fourth-order valence-electron chi connectivity index (χ4n) is 11.0. The number of rotatable bonds is 28. The van der Waals surface area contributed by atoms with Crippen LogP contribution in [-0.4, -0.2) is 121 Å². The molecule has 0 radical (unpaired) electrons. The van der Waals surface area contributed by atoms with Crippen molar-refractivity contribution in [2.75, 3.05) is 52.7 Å². The fraction of sp³-hybridized carbons (Fsp3) is 0.305. The van der Waals surface area contributed by atoms with E-state index in [4.69, 9.17) is 14.2 Å². The van der Waals surface area contributed by atoms with E-state index >= 15 is 8.63 Å². The molecular formula is C59H64BF2N11O7. The van der Waals surface area contributed by atoms with E-state index in [0.29, 0.717) is 99.7 Å². The Kier molecular flexibility index (Phi) is 16.3. The Hall–Kier alpha value is -8.37. The highest BCUT2D eigenvalue weighted by molar-refractivity contribution is 6.58. The minimum absolute atomic E-state index is 0.0218. The normalized spacial score (nSPS) is 15.2. The number of aryl methyl sites for hydroxylation is 2. The molecule has 8 heterocycles. The minimum atomic E-state index is -4.17. The Morgan fingerprint density at radius 3 is 2.42 bits per heavy atom. The zero-order chi connectivity index (χ0) is 55.0. The van der Waals surface area contributed by atoms with Crippen molar-refractivity contribution in [3.8, 4) is 5.75 Å². The molecule has 3 aliphatic heterocycles. The number of phenolic OH excluding ortho intramolecular Hbond substituents is 1. The van der Waals surface area contributed by atoms with Crippen LogP contribution >= 0.6 is 0 Å². The summed E-state index contributed by atoms with van der Waals surface area (Å²) in [7, 11) is 0. The Bertz CT molecular complexity index is 3630. The molecule has 21 heteroatoms. The number of carbonyl (C=O) groups excluding carboxylic acids is 3. The second kappa shape index (κ2) is 24.3. The van der Waals surface area contributed by atoms with Gasteiger partial charge < -0.3 is 77.3 Å². The Balaban J connectivity index is 0.531. The number of halogens is 2. The van der Waals surface area contributed by atoms with Gasteiger partial charge in [-0.05, 0) is 102 Å². The average molecular weight is 1090 g/mol. The molecule has 5 aromatic heterocycles. The number of unbranched alkanes of at least 4 members (excludes halogenated alkanes) is 1. The number of amides is 3. The molecule has 0 fully saturated rings. The number of aromatic nitrogens is 6. The second-order valence-corrected chi connectivity index (χ2v) is 20.2. The third kappa shape index (κ3) is 11.8. The number of imidazole rings is 1. The molecule has 7 N–H and O–H groups in total. The van der Waals surface area contributed by atoms with Crippen LogP contribution in [0.4, 0.5) is 8.63 Å². The third-order valence-electron chi connectivity index (χ3n) is 14.9. The number of allylic oxidation sites excluding steroid dienone is 2. The van der Waals surface area contributed by atoms with Crippen LogP contribution in [0.25, 0.3) is 27.9 Å². The van der Waals surface area contributed by atoms with Gasteiger partial charge in [-0.25, -0.2) is 4.98 Å². The largest absolute Gasteiger partial charge is 0.737 e. The van der Waals surface area contributed by atoms with Crippen LogP contribution in [-0.2, 0) is 56.4 Å². The summed E-state index contributed by atoms with van der Waals surface area (Å²) in [5.41, 5.74) is 8.74. The lowest BCUT2D eigenvalue weighted by Gasteiger charge is -2.30. The lowest BCUT2D eigenvalue weighted by molar-refractivity contribution is -0.360. The number of hydrogen-bond acceptors (Lipinski definition) is 9. The van der Waals surface area contributed by atoms with Crippen LogP contribution in [0.2, 0.25) is 0 Å². The van der Waals surface area contributed by atoms with Crippen LogP contribution in [0.5, 0.6) is 5.75 Å². The predicted molar refractivity (Wildman–Crippen MR) is 300 cm³/mol. The monoisotopic (exact) mass is 1090 g/mol. The van der Waals surface area contributed by atoms with E-state index < -0.39 is 6.97 Å². The van der Waals surface area contributed by atoms with Crippen LogP contribution in [0, 0.1) is 0 Å². The number of H-pyrrole nitrogens is 2. The van der Waals surface area contributed by atoms with Gasteiger partial charge in [-0.1, -0.05) is 30.3 Å². The molecule has 11 rings (SSSR count). The van der Waals surface area contributed by atoms with Gasteiger partial charge in [-0.15, -0.1) is 0 Å². The van der Waals surface area contributed by atoms with E-state index in [1.807, 2.05) is 30.6 Å². The van der Waals surface area contributed by atoms with Gasteiger partial charge in [0.05, 0.1) is 52.2 Å². The number of carbonyl (C=O) groups is 3. The molecule has 414 valence electrons. The first-order chi connectivity index (χ1) is 39.1. The molecule has 0 aliphatic carbocycles. The van der Waals surface area contributed by atoms with Crippen molar-refractivity contribution in [2.24, 2.45) is 0 Å². The van der Waals surface area contributed by atoms with Gasteiger partial charge in [-0.3, -0.25) is 14.4 Å². The Labute approximate surface area is 460 Å². The summed E-state index contributed by atoms with van der Waals surface area (Å²) in [4.78, 5) is 49.4. The van der Waals surface area contributed by atoms with Crippen molar-refractivity contribution < 1.29 is 46.8 Å². The van der Waals surface area contributed by atoms with Crippen molar-refractivity contribution in [3.05, 3.63) is 184 Å². The number of nitrogens with zero attached hydrogens (tertiary/aromatic N) is 5. The van der Waals surface area contributed by atoms with Gasteiger partial charge in [0.1, 0.15) is 17.3 Å². The van der Waals surface area contributed by atoms with Gasteiger partial charge in [-0.2, -0.15) is 0 Å². The number of phenols is 1. The molecule has 0 spiro atoms. The standard InChI is InChI=1S/C59H64BF2N11O7/c61-60(62)72-42(12-13-43(72)35-44-14-18-52(73(44)60)50-8-5-21-64-50)15-19-56(76)67-24-29-79-31-33-80-32-30-78-28-23-66-55(75)9-3-4-25-70-27-22-65-54(70)39-71-26-20-41-11-10-40(34-53(41)71)37-63-38-51-57(47-6-1-2-7-49(47)68-51)58-48-36-45(74)16-17-46(48)59(77)69-58/h1-2,5-8,10-14,16-18,20-22,26-27,34-36,58,63-64,68,74H,3-4,9,15,19,23-25,28-33,37-39H2,(H,66,75)(H,67,76)(H,69,77). The number of aromatic amines is 2. The average Bonchev–Trinajstić information content (AvgIpc) is 4.17. The van der Waals surface area contributed by atoms with Crippen molar-refractivity contribution in [3.63, 3.8) is 0 Å². The van der Waals surface area contributed by atoms with Gasteiger partial charge >= 0.3 is 6.97 Å². The van der Waals surface area contributed by atoms with E-state index in [2.05, 4.69) is 81.9 Å². The van der Waals surface area contributed by atoms with Crippen LogP contribution < -0.4 is 21.3 Å². The number of nitrogens with one attached hydrogen (secondary N) is 6. The SMILES string of the molecule is O=C(CCCCn1ccnc1Cn1ccc2ccc(CNCc3[nH]c4ccccc4c3C3NC(=O)c4ccc(O)cc43)cc21)NCCOCCOCCOCCNC(=O)CCc1ccc2n1[B-](F)(F)[N+]1=C(c3ccc[nH]3)C=CC1=C2. The first-order valence-corrected chi connectivity index (χ1v) is 27.3. The van der Waals surface area contributed by atoms with Gasteiger partial charge in [0.25, 0.3) is 5.91 Å². The summed E-state index contributed by atoms with van der Waals surface area (Å²) in [5.74, 6) is 0.633. The van der Waals surface area contributed by atoms with Crippen molar-refractivity contribution in [1.82, 2.24) is 49.8 Å². The topological polar surface area (TPSA) is 210 Å². The number of para-hydroxylation sites is 1. The van der Waals surface area contributed by atoms with Crippen LogP contribution in [0.3, 0.4) is 0 Å². The maximum Gasteiger partial charge on any atom is 0.737 e. The first-order valence-electron chi connectivity index (χ1n) is 27.3. The Morgan fingerprint density at radius 1 is 0.812 bits per heavy atom. The zero-order valence-electron chi connectivity index (χ0n) is 44.3. The molecule has 1 unspecified atom stereocenters. The Morgan fingerprint density at radius 2 is 1.61 bits per heavy atom. The van der Waals surface area contributed by atoms with Crippen molar-refractivity contribution >= 4 is 58.3 Å². The number of hydrogen-bond donors (Lipinski definition) is 7. The van der Waals surface area contributed by atoms with E-state index in [1.54, 1.807) is 66.9 Å². The molecule has 0 saturated carbocycles. The molecule has 3 amide bonds. The number of ether oxygens (including phenoxy) is 3. The van der Waals surface area contributed by atoms with E-state index in [-0.39, 0.29) is 55.5 Å². The number of aromatic hydroxyl groups is 1. The first kappa shape index (κ1) is 53.6. The van der Waals surface area contributed by atoms with E-state index in [9.17, 15) is 19.5 Å². The highest BCUT2D eigenvalue weighted by atomic mass is 19.2. The lowest BCUT2D eigenvalue weighted by atomic mass is 9.90. The smallest absolute Gasteiger partial charge is 0.508 e. The summed E-state index contributed by atoms with van der Waals surface area (Å²) < 4.78 is 55.3. The number of benzene rings is 3. The van der Waals surface area contributed by atoms with Gasteiger partial charge in [0.15, 0.2) is 11.4 Å². The van der Waals surface area contributed by atoms with Crippen LogP contribution in [0.15, 0.2) is 134 Å².